The van der Waals surface area contributed by atoms with Crippen LogP contribution in [0.3, 0.4) is 0 Å². The van der Waals surface area contributed by atoms with Gasteiger partial charge in [0.2, 0.25) is 0 Å². The monoisotopic (exact) mass is 264 g/mol. The Bertz CT molecular complexity index is 372. The standard InChI is InChI=1S/C10H8BrF3/c1-6(2)10(13,14)7-4-3-5-8(11)9(7)12/h3-5H,1H2,2H3. The van der Waals surface area contributed by atoms with Crippen molar-refractivity contribution in [2.45, 2.75) is 12.8 Å². The van der Waals surface area contributed by atoms with Crippen LogP contribution in [0, 0.1) is 5.82 Å². The topological polar surface area (TPSA) is 0 Å². The summed E-state index contributed by atoms with van der Waals surface area (Å²) in [7, 11) is 0. The summed E-state index contributed by atoms with van der Waals surface area (Å²) >= 11 is 2.85. The highest BCUT2D eigenvalue weighted by molar-refractivity contribution is 9.10. The molecule has 0 fully saturated rings. The van der Waals surface area contributed by atoms with E-state index >= 15 is 0 Å². The summed E-state index contributed by atoms with van der Waals surface area (Å²) in [5, 5.41) is 0. The number of hydrogen-bond donors (Lipinski definition) is 0. The first-order valence-electron chi connectivity index (χ1n) is 3.85. The maximum atomic E-state index is 13.4. The molecule has 0 spiro atoms. The summed E-state index contributed by atoms with van der Waals surface area (Å²) in [5.41, 5.74) is -1.03. The number of allylic oxidation sites excluding steroid dienone is 1. The molecule has 4 heteroatoms. The van der Waals surface area contributed by atoms with Gasteiger partial charge in [0, 0.05) is 0 Å². The number of hydrogen-bond acceptors (Lipinski definition) is 0. The lowest BCUT2D eigenvalue weighted by molar-refractivity contribution is 0.0345. The molecule has 1 aromatic carbocycles. The zero-order chi connectivity index (χ0) is 10.9. The van der Waals surface area contributed by atoms with Gasteiger partial charge in [-0.1, -0.05) is 12.6 Å². The van der Waals surface area contributed by atoms with E-state index in [0.717, 1.165) is 6.07 Å². The van der Waals surface area contributed by atoms with Crippen LogP contribution in [0.25, 0.3) is 0 Å². The van der Waals surface area contributed by atoms with Crippen molar-refractivity contribution in [2.24, 2.45) is 0 Å². The molecular weight excluding hydrogens is 257 g/mol. The smallest absolute Gasteiger partial charge is 0.205 e. The average molecular weight is 265 g/mol. The van der Waals surface area contributed by atoms with Gasteiger partial charge in [0.15, 0.2) is 0 Å². The molecule has 0 radical (unpaired) electrons. The molecule has 0 aliphatic carbocycles. The van der Waals surface area contributed by atoms with Crippen molar-refractivity contribution < 1.29 is 13.2 Å². The van der Waals surface area contributed by atoms with Crippen LogP contribution in [-0.2, 0) is 5.92 Å². The van der Waals surface area contributed by atoms with Crippen molar-refractivity contribution in [3.63, 3.8) is 0 Å². The third kappa shape index (κ3) is 1.85. The van der Waals surface area contributed by atoms with Crippen molar-refractivity contribution in [2.75, 3.05) is 0 Å². The van der Waals surface area contributed by atoms with E-state index in [1.54, 1.807) is 0 Å². The third-order valence-corrected chi connectivity index (χ3v) is 2.44. The second kappa shape index (κ2) is 3.77. The average Bonchev–Trinajstić information content (AvgIpc) is 2.09. The van der Waals surface area contributed by atoms with Crippen LogP contribution in [0.1, 0.15) is 12.5 Å². The molecule has 0 saturated carbocycles. The highest BCUT2D eigenvalue weighted by Crippen LogP contribution is 2.37. The Kier molecular flexibility index (Phi) is 3.04. The first-order chi connectivity index (χ1) is 6.37. The van der Waals surface area contributed by atoms with Crippen LogP contribution in [0.5, 0.6) is 0 Å². The fourth-order valence-electron chi connectivity index (χ4n) is 0.976. The molecule has 0 amide bonds. The highest BCUT2D eigenvalue weighted by atomic mass is 79.9. The zero-order valence-corrected chi connectivity index (χ0v) is 9.04. The van der Waals surface area contributed by atoms with E-state index in [2.05, 4.69) is 22.5 Å². The lowest BCUT2D eigenvalue weighted by Gasteiger charge is -2.17. The van der Waals surface area contributed by atoms with E-state index < -0.39 is 17.3 Å². The van der Waals surface area contributed by atoms with Crippen LogP contribution in [-0.4, -0.2) is 0 Å². The minimum absolute atomic E-state index is 0.0240. The highest BCUT2D eigenvalue weighted by Gasteiger charge is 2.35. The van der Waals surface area contributed by atoms with Crippen LogP contribution in [0.2, 0.25) is 0 Å². The van der Waals surface area contributed by atoms with Crippen LogP contribution < -0.4 is 0 Å². The number of rotatable bonds is 2. The molecule has 1 aromatic rings. The summed E-state index contributed by atoms with van der Waals surface area (Å²) < 4.78 is 40.0. The lowest BCUT2D eigenvalue weighted by Crippen LogP contribution is -2.16. The van der Waals surface area contributed by atoms with Crippen molar-refractivity contribution in [1.82, 2.24) is 0 Å². The molecule has 76 valence electrons. The van der Waals surface area contributed by atoms with Gasteiger partial charge in [-0.15, -0.1) is 0 Å². The lowest BCUT2D eigenvalue weighted by atomic mass is 10.0. The van der Waals surface area contributed by atoms with E-state index in [1.807, 2.05) is 0 Å². The second-order valence-corrected chi connectivity index (χ2v) is 3.81. The van der Waals surface area contributed by atoms with E-state index in [1.165, 1.54) is 19.1 Å². The van der Waals surface area contributed by atoms with Gasteiger partial charge in [-0.05, 0) is 40.6 Å². The Morgan fingerprint density at radius 1 is 1.43 bits per heavy atom. The maximum absolute atomic E-state index is 13.4. The molecule has 0 aliphatic heterocycles. The molecule has 0 N–H and O–H groups in total. The fourth-order valence-corrected chi connectivity index (χ4v) is 1.34. The largest absolute Gasteiger partial charge is 0.296 e. The SMILES string of the molecule is C=C(C)C(F)(F)c1cccc(Br)c1F. The van der Waals surface area contributed by atoms with Gasteiger partial charge < -0.3 is 0 Å². The summed E-state index contributed by atoms with van der Waals surface area (Å²) in [6.07, 6.45) is 0. The molecule has 0 bridgehead atoms. The van der Waals surface area contributed by atoms with E-state index in [0.29, 0.717) is 0 Å². The molecule has 0 aliphatic rings. The minimum Gasteiger partial charge on any atom is -0.205 e. The molecule has 0 aromatic heterocycles. The molecule has 0 nitrogen and oxygen atoms in total. The molecular formula is C10H8BrF3. The Morgan fingerprint density at radius 3 is 2.50 bits per heavy atom. The Hall–Kier alpha value is -0.770. The first-order valence-corrected chi connectivity index (χ1v) is 4.65. The van der Waals surface area contributed by atoms with E-state index in [9.17, 15) is 13.2 Å². The van der Waals surface area contributed by atoms with Gasteiger partial charge in [0.1, 0.15) is 5.82 Å². The van der Waals surface area contributed by atoms with E-state index in [-0.39, 0.29) is 10.0 Å². The Labute approximate surface area is 88.6 Å². The van der Waals surface area contributed by atoms with Crippen LogP contribution in [0.15, 0.2) is 34.8 Å². The van der Waals surface area contributed by atoms with Crippen LogP contribution >= 0.6 is 15.9 Å². The quantitative estimate of drug-likeness (QED) is 0.701. The van der Waals surface area contributed by atoms with Gasteiger partial charge in [-0.3, -0.25) is 0 Å². The minimum atomic E-state index is -3.33. The molecule has 0 heterocycles. The van der Waals surface area contributed by atoms with Gasteiger partial charge in [-0.2, -0.15) is 8.78 Å². The first kappa shape index (κ1) is 11.3. The van der Waals surface area contributed by atoms with Gasteiger partial charge >= 0.3 is 0 Å². The summed E-state index contributed by atoms with van der Waals surface area (Å²) in [6, 6.07) is 3.78. The predicted octanol–water partition coefficient (Wildman–Crippen LogP) is 4.26. The summed E-state index contributed by atoms with van der Waals surface area (Å²) in [5.74, 6) is -4.27. The number of benzene rings is 1. The number of halogens is 4. The Morgan fingerprint density at radius 2 is 2.00 bits per heavy atom. The normalized spacial score (nSPS) is 11.5. The van der Waals surface area contributed by atoms with E-state index in [4.69, 9.17) is 0 Å². The molecule has 0 unspecified atom stereocenters. The molecule has 14 heavy (non-hydrogen) atoms. The van der Waals surface area contributed by atoms with Crippen molar-refractivity contribution in [1.29, 1.82) is 0 Å². The van der Waals surface area contributed by atoms with Crippen LogP contribution in [0.4, 0.5) is 13.2 Å². The van der Waals surface area contributed by atoms with Crippen molar-refractivity contribution in [3.05, 3.63) is 46.2 Å². The fraction of sp³-hybridized carbons (Fsp3) is 0.200. The van der Waals surface area contributed by atoms with Crippen molar-refractivity contribution >= 4 is 15.9 Å². The summed E-state index contributed by atoms with van der Waals surface area (Å²) in [6.45, 7) is 4.31. The van der Waals surface area contributed by atoms with Crippen molar-refractivity contribution in [3.8, 4) is 0 Å². The van der Waals surface area contributed by atoms with Gasteiger partial charge in [0.25, 0.3) is 5.92 Å². The Balaban J connectivity index is 3.33. The third-order valence-electron chi connectivity index (χ3n) is 1.83. The number of alkyl halides is 2. The molecule has 1 rings (SSSR count). The maximum Gasteiger partial charge on any atom is 0.296 e. The van der Waals surface area contributed by atoms with Gasteiger partial charge in [-0.25, -0.2) is 4.39 Å². The second-order valence-electron chi connectivity index (χ2n) is 2.96. The molecule has 0 saturated heterocycles. The predicted molar refractivity (Wildman–Crippen MR) is 52.8 cm³/mol. The zero-order valence-electron chi connectivity index (χ0n) is 7.45. The summed E-state index contributed by atoms with van der Waals surface area (Å²) in [4.78, 5) is 0. The molecule has 0 atom stereocenters. The van der Waals surface area contributed by atoms with Gasteiger partial charge in [0.05, 0.1) is 10.0 Å².